The standard InChI is InChI=1S/C15H15N3O3S/c1-3-20-13-8-11(12-6-5-7-22-12)18-14(17-13)10(9-16-18)15(19)21-4-2/h5-9H,3-4H2,1-2H3. The van der Waals surface area contributed by atoms with Gasteiger partial charge in [-0.2, -0.15) is 10.1 Å². The lowest BCUT2D eigenvalue weighted by Crippen LogP contribution is -2.06. The van der Waals surface area contributed by atoms with Crippen molar-refractivity contribution in [3.8, 4) is 16.5 Å². The van der Waals surface area contributed by atoms with Gasteiger partial charge in [0.15, 0.2) is 5.65 Å². The number of esters is 1. The fraction of sp³-hybridized carbons (Fsp3) is 0.267. The maximum Gasteiger partial charge on any atom is 0.343 e. The SMILES string of the molecule is CCOC(=O)c1cnn2c(-c3cccs3)cc(OCC)nc12. The molecule has 3 aromatic heterocycles. The number of rotatable bonds is 5. The maximum atomic E-state index is 12.0. The summed E-state index contributed by atoms with van der Waals surface area (Å²) in [6.45, 7) is 4.45. The molecule has 0 fully saturated rings. The molecule has 0 saturated carbocycles. The quantitative estimate of drug-likeness (QED) is 0.677. The number of thiophene rings is 1. The van der Waals surface area contributed by atoms with E-state index in [4.69, 9.17) is 9.47 Å². The first-order valence-electron chi connectivity index (χ1n) is 6.97. The van der Waals surface area contributed by atoms with Gasteiger partial charge in [-0.3, -0.25) is 0 Å². The smallest absolute Gasteiger partial charge is 0.343 e. The van der Waals surface area contributed by atoms with Gasteiger partial charge in [0.2, 0.25) is 5.88 Å². The minimum Gasteiger partial charge on any atom is -0.478 e. The molecule has 0 N–H and O–H groups in total. The minimum atomic E-state index is -0.434. The molecule has 0 aliphatic carbocycles. The van der Waals surface area contributed by atoms with Gasteiger partial charge in [0.1, 0.15) is 5.56 Å². The fourth-order valence-corrected chi connectivity index (χ4v) is 2.84. The molecule has 0 spiro atoms. The van der Waals surface area contributed by atoms with Gasteiger partial charge >= 0.3 is 5.97 Å². The van der Waals surface area contributed by atoms with Crippen molar-refractivity contribution in [2.24, 2.45) is 0 Å². The molecular formula is C15H15N3O3S. The number of aromatic nitrogens is 3. The zero-order valence-electron chi connectivity index (χ0n) is 12.3. The van der Waals surface area contributed by atoms with Crippen molar-refractivity contribution in [3.05, 3.63) is 35.3 Å². The van der Waals surface area contributed by atoms with Crippen molar-refractivity contribution in [1.82, 2.24) is 14.6 Å². The van der Waals surface area contributed by atoms with E-state index in [2.05, 4.69) is 10.1 Å². The molecule has 7 heteroatoms. The van der Waals surface area contributed by atoms with E-state index in [1.807, 2.05) is 30.5 Å². The van der Waals surface area contributed by atoms with Gasteiger partial charge in [0, 0.05) is 6.07 Å². The van der Waals surface area contributed by atoms with E-state index in [9.17, 15) is 4.79 Å². The Hall–Kier alpha value is -2.41. The van der Waals surface area contributed by atoms with E-state index < -0.39 is 5.97 Å². The first-order valence-corrected chi connectivity index (χ1v) is 7.85. The van der Waals surface area contributed by atoms with Crippen LogP contribution in [0.1, 0.15) is 24.2 Å². The monoisotopic (exact) mass is 317 g/mol. The molecule has 0 aromatic carbocycles. The highest BCUT2D eigenvalue weighted by molar-refractivity contribution is 7.13. The van der Waals surface area contributed by atoms with Crippen LogP contribution in [0, 0.1) is 0 Å². The van der Waals surface area contributed by atoms with Crippen molar-refractivity contribution >= 4 is 23.0 Å². The predicted octanol–water partition coefficient (Wildman–Crippen LogP) is 3.03. The number of carbonyl (C=O) groups is 1. The average molecular weight is 317 g/mol. The first-order chi connectivity index (χ1) is 10.7. The lowest BCUT2D eigenvalue weighted by atomic mass is 10.3. The normalized spacial score (nSPS) is 10.8. The summed E-state index contributed by atoms with van der Waals surface area (Å²) in [5.41, 5.74) is 1.60. The molecule has 0 saturated heterocycles. The van der Waals surface area contributed by atoms with Crippen LogP contribution in [0.5, 0.6) is 5.88 Å². The molecule has 3 heterocycles. The molecule has 0 radical (unpaired) electrons. The van der Waals surface area contributed by atoms with E-state index in [0.29, 0.717) is 30.3 Å². The Bertz CT molecular complexity index is 796. The van der Waals surface area contributed by atoms with Crippen molar-refractivity contribution in [2.45, 2.75) is 13.8 Å². The molecule has 0 unspecified atom stereocenters. The third-order valence-electron chi connectivity index (χ3n) is 3.01. The van der Waals surface area contributed by atoms with Crippen LogP contribution >= 0.6 is 11.3 Å². The van der Waals surface area contributed by atoms with Gasteiger partial charge < -0.3 is 9.47 Å². The first kappa shape index (κ1) is 14.5. The molecule has 3 rings (SSSR count). The van der Waals surface area contributed by atoms with Crippen molar-refractivity contribution in [3.63, 3.8) is 0 Å². The minimum absolute atomic E-state index is 0.305. The Balaban J connectivity index is 2.20. The highest BCUT2D eigenvalue weighted by Crippen LogP contribution is 2.28. The summed E-state index contributed by atoms with van der Waals surface area (Å²) >= 11 is 1.59. The number of nitrogens with zero attached hydrogens (tertiary/aromatic N) is 3. The summed E-state index contributed by atoms with van der Waals surface area (Å²) < 4.78 is 12.2. The van der Waals surface area contributed by atoms with Crippen LogP contribution in [0.3, 0.4) is 0 Å². The number of hydrogen-bond donors (Lipinski definition) is 0. The third-order valence-corrected chi connectivity index (χ3v) is 3.90. The summed E-state index contributed by atoms with van der Waals surface area (Å²) in [5, 5.41) is 6.27. The van der Waals surface area contributed by atoms with Gasteiger partial charge in [-0.1, -0.05) is 6.07 Å². The second-order valence-electron chi connectivity index (χ2n) is 4.40. The highest BCUT2D eigenvalue weighted by Gasteiger charge is 2.19. The van der Waals surface area contributed by atoms with Crippen molar-refractivity contribution in [1.29, 1.82) is 0 Å². The molecule has 22 heavy (non-hydrogen) atoms. The Labute approximate surface area is 131 Å². The van der Waals surface area contributed by atoms with Crippen LogP contribution in [0.15, 0.2) is 29.8 Å². The summed E-state index contributed by atoms with van der Waals surface area (Å²) in [4.78, 5) is 17.4. The molecule has 0 aliphatic rings. The van der Waals surface area contributed by atoms with Crippen molar-refractivity contribution in [2.75, 3.05) is 13.2 Å². The predicted molar refractivity (Wildman–Crippen MR) is 83.4 cm³/mol. The highest BCUT2D eigenvalue weighted by atomic mass is 32.1. The Morgan fingerprint density at radius 3 is 2.91 bits per heavy atom. The van der Waals surface area contributed by atoms with Gasteiger partial charge in [-0.25, -0.2) is 9.31 Å². The number of fused-ring (bicyclic) bond motifs is 1. The summed E-state index contributed by atoms with van der Waals surface area (Å²) in [7, 11) is 0. The Kier molecular flexibility index (Phi) is 4.06. The largest absolute Gasteiger partial charge is 0.478 e. The zero-order valence-corrected chi connectivity index (χ0v) is 13.1. The van der Waals surface area contributed by atoms with Crippen LogP contribution in [0.4, 0.5) is 0 Å². The summed E-state index contributed by atoms with van der Waals surface area (Å²) in [6, 6.07) is 5.77. The molecule has 0 bridgehead atoms. The topological polar surface area (TPSA) is 65.7 Å². The molecule has 114 valence electrons. The average Bonchev–Trinajstić information content (AvgIpc) is 3.16. The number of ether oxygens (including phenoxy) is 2. The second-order valence-corrected chi connectivity index (χ2v) is 5.35. The lowest BCUT2D eigenvalue weighted by molar-refractivity contribution is 0.0528. The Morgan fingerprint density at radius 2 is 2.23 bits per heavy atom. The van der Waals surface area contributed by atoms with E-state index in [0.717, 1.165) is 10.6 Å². The molecule has 6 nitrogen and oxygen atoms in total. The fourth-order valence-electron chi connectivity index (χ4n) is 2.12. The van der Waals surface area contributed by atoms with E-state index >= 15 is 0 Å². The van der Waals surface area contributed by atoms with E-state index in [1.165, 1.54) is 6.20 Å². The molecule has 0 amide bonds. The lowest BCUT2D eigenvalue weighted by Gasteiger charge is -2.07. The summed E-state index contributed by atoms with van der Waals surface area (Å²) in [6.07, 6.45) is 1.48. The molecule has 0 atom stereocenters. The zero-order chi connectivity index (χ0) is 15.5. The molecular weight excluding hydrogens is 302 g/mol. The molecule has 3 aromatic rings. The van der Waals surface area contributed by atoms with Gasteiger partial charge in [-0.05, 0) is 25.3 Å². The van der Waals surface area contributed by atoms with Gasteiger partial charge in [-0.15, -0.1) is 11.3 Å². The van der Waals surface area contributed by atoms with Crippen LogP contribution in [-0.2, 0) is 4.74 Å². The number of carbonyl (C=O) groups excluding carboxylic acids is 1. The van der Waals surface area contributed by atoms with Crippen LogP contribution in [0.25, 0.3) is 16.2 Å². The number of hydrogen-bond acceptors (Lipinski definition) is 6. The third kappa shape index (κ3) is 2.55. The van der Waals surface area contributed by atoms with Crippen molar-refractivity contribution < 1.29 is 14.3 Å². The van der Waals surface area contributed by atoms with Crippen LogP contribution in [0.2, 0.25) is 0 Å². The second kappa shape index (κ2) is 6.15. The van der Waals surface area contributed by atoms with Gasteiger partial charge in [0.25, 0.3) is 0 Å². The van der Waals surface area contributed by atoms with Crippen LogP contribution < -0.4 is 4.74 Å². The van der Waals surface area contributed by atoms with E-state index in [-0.39, 0.29) is 0 Å². The molecule has 0 aliphatic heterocycles. The summed E-state index contributed by atoms with van der Waals surface area (Å²) in [5.74, 6) is 0.0280. The Morgan fingerprint density at radius 1 is 1.36 bits per heavy atom. The van der Waals surface area contributed by atoms with Crippen LogP contribution in [-0.4, -0.2) is 33.8 Å². The van der Waals surface area contributed by atoms with E-state index in [1.54, 1.807) is 22.8 Å². The maximum absolute atomic E-state index is 12.0. The van der Waals surface area contributed by atoms with Gasteiger partial charge in [0.05, 0.1) is 30.0 Å².